The van der Waals surface area contributed by atoms with Gasteiger partial charge in [0, 0.05) is 10.6 Å². The van der Waals surface area contributed by atoms with E-state index < -0.39 is 5.60 Å². The topological polar surface area (TPSA) is 44.0 Å². The molecule has 0 spiro atoms. The summed E-state index contributed by atoms with van der Waals surface area (Å²) in [6.45, 7) is 3.52. The molecule has 0 atom stereocenters. The fourth-order valence-electron chi connectivity index (χ4n) is 0.939. The second-order valence-corrected chi connectivity index (χ2v) is 4.73. The highest BCUT2D eigenvalue weighted by Gasteiger charge is 2.13. The summed E-state index contributed by atoms with van der Waals surface area (Å²) in [5, 5.41) is 18.4. The number of nitriles is 1. The van der Waals surface area contributed by atoms with Crippen molar-refractivity contribution in [1.82, 2.24) is 0 Å². The summed E-state index contributed by atoms with van der Waals surface area (Å²) >= 11 is 1.51. The van der Waals surface area contributed by atoms with Gasteiger partial charge in [-0.1, -0.05) is 12.1 Å². The Kier molecular flexibility index (Phi) is 3.56. The lowest BCUT2D eigenvalue weighted by Crippen LogP contribution is -2.21. The van der Waals surface area contributed by atoms with Crippen LogP contribution < -0.4 is 0 Å². The smallest absolute Gasteiger partial charge is 0.100 e. The first-order valence-corrected chi connectivity index (χ1v) is 5.36. The zero-order valence-electron chi connectivity index (χ0n) is 8.32. The summed E-state index contributed by atoms with van der Waals surface area (Å²) in [5.74, 6) is 0.589. The van der Waals surface area contributed by atoms with E-state index in [-0.39, 0.29) is 0 Å². The van der Waals surface area contributed by atoms with Crippen LogP contribution in [0.3, 0.4) is 0 Å². The van der Waals surface area contributed by atoms with Gasteiger partial charge in [0.2, 0.25) is 0 Å². The van der Waals surface area contributed by atoms with Gasteiger partial charge in [-0.2, -0.15) is 5.26 Å². The van der Waals surface area contributed by atoms with Crippen LogP contribution in [0.25, 0.3) is 0 Å². The summed E-state index contributed by atoms with van der Waals surface area (Å²) in [7, 11) is 0. The molecular formula is C11H13NOS. The van der Waals surface area contributed by atoms with E-state index in [1.54, 1.807) is 19.9 Å². The Morgan fingerprint density at radius 3 is 2.64 bits per heavy atom. The molecule has 1 N–H and O–H groups in total. The zero-order chi connectivity index (χ0) is 10.6. The maximum Gasteiger partial charge on any atom is 0.100 e. The Morgan fingerprint density at radius 1 is 1.43 bits per heavy atom. The summed E-state index contributed by atoms with van der Waals surface area (Å²) in [5.41, 5.74) is -0.0329. The average molecular weight is 207 g/mol. The summed E-state index contributed by atoms with van der Waals surface area (Å²) in [6, 6.07) is 9.55. The quantitative estimate of drug-likeness (QED) is 0.774. The summed E-state index contributed by atoms with van der Waals surface area (Å²) in [4.78, 5) is 0.928. The van der Waals surface area contributed by atoms with Crippen molar-refractivity contribution < 1.29 is 5.11 Å². The monoisotopic (exact) mass is 207 g/mol. The van der Waals surface area contributed by atoms with E-state index >= 15 is 0 Å². The fourth-order valence-corrected chi connectivity index (χ4v) is 1.89. The third-order valence-corrected chi connectivity index (χ3v) is 3.11. The second-order valence-electron chi connectivity index (χ2n) is 3.71. The van der Waals surface area contributed by atoms with Gasteiger partial charge < -0.3 is 5.11 Å². The molecule has 0 saturated heterocycles. The van der Waals surface area contributed by atoms with E-state index in [0.717, 1.165) is 4.90 Å². The minimum atomic E-state index is -0.701. The highest BCUT2D eigenvalue weighted by atomic mass is 32.2. The van der Waals surface area contributed by atoms with Crippen LogP contribution >= 0.6 is 11.8 Å². The van der Waals surface area contributed by atoms with Crippen molar-refractivity contribution in [1.29, 1.82) is 5.26 Å². The van der Waals surface area contributed by atoms with Gasteiger partial charge in [-0.05, 0) is 26.0 Å². The first kappa shape index (κ1) is 11.1. The molecule has 0 bridgehead atoms. The molecular weight excluding hydrogens is 194 g/mol. The number of benzene rings is 1. The number of hydrogen-bond acceptors (Lipinski definition) is 3. The van der Waals surface area contributed by atoms with Crippen LogP contribution in [0.5, 0.6) is 0 Å². The molecule has 0 aliphatic heterocycles. The molecule has 0 unspecified atom stereocenters. The first-order chi connectivity index (χ1) is 6.53. The van der Waals surface area contributed by atoms with Gasteiger partial charge in [0.25, 0.3) is 0 Å². The van der Waals surface area contributed by atoms with Crippen LogP contribution in [0.15, 0.2) is 29.2 Å². The molecule has 0 radical (unpaired) electrons. The Balaban J connectivity index is 2.73. The van der Waals surface area contributed by atoms with Gasteiger partial charge in [0.15, 0.2) is 0 Å². The summed E-state index contributed by atoms with van der Waals surface area (Å²) in [6.07, 6.45) is 0. The number of thioether (sulfide) groups is 1. The van der Waals surface area contributed by atoms with Crippen molar-refractivity contribution in [3.8, 4) is 6.07 Å². The largest absolute Gasteiger partial charge is 0.390 e. The lowest BCUT2D eigenvalue weighted by atomic mass is 10.2. The molecule has 14 heavy (non-hydrogen) atoms. The molecule has 1 aromatic rings. The molecule has 0 fully saturated rings. The van der Waals surface area contributed by atoms with Gasteiger partial charge in [0.1, 0.15) is 6.07 Å². The van der Waals surface area contributed by atoms with Crippen LogP contribution in [0, 0.1) is 11.3 Å². The number of aliphatic hydroxyl groups is 1. The van der Waals surface area contributed by atoms with Crippen molar-refractivity contribution in [2.45, 2.75) is 24.3 Å². The second kappa shape index (κ2) is 4.50. The minimum Gasteiger partial charge on any atom is -0.390 e. The van der Waals surface area contributed by atoms with Crippen molar-refractivity contribution in [2.75, 3.05) is 5.75 Å². The van der Waals surface area contributed by atoms with E-state index in [1.165, 1.54) is 11.8 Å². The molecule has 74 valence electrons. The van der Waals surface area contributed by atoms with Crippen molar-refractivity contribution in [3.63, 3.8) is 0 Å². The van der Waals surface area contributed by atoms with Gasteiger partial charge in [0.05, 0.1) is 11.2 Å². The Hall–Kier alpha value is -0.980. The molecule has 0 aliphatic rings. The molecule has 0 heterocycles. The van der Waals surface area contributed by atoms with Gasteiger partial charge >= 0.3 is 0 Å². The molecule has 0 aliphatic carbocycles. The lowest BCUT2D eigenvalue weighted by Gasteiger charge is -2.16. The summed E-state index contributed by atoms with van der Waals surface area (Å²) < 4.78 is 0. The molecule has 0 aromatic heterocycles. The first-order valence-electron chi connectivity index (χ1n) is 4.37. The third kappa shape index (κ3) is 3.41. The maximum atomic E-state index is 9.54. The van der Waals surface area contributed by atoms with Crippen LogP contribution in [0.4, 0.5) is 0 Å². The number of rotatable bonds is 3. The zero-order valence-corrected chi connectivity index (χ0v) is 9.14. The number of nitrogens with zero attached hydrogens (tertiary/aromatic N) is 1. The predicted octanol–water partition coefficient (Wildman–Crippen LogP) is 2.42. The van der Waals surface area contributed by atoms with Crippen molar-refractivity contribution in [3.05, 3.63) is 29.8 Å². The van der Waals surface area contributed by atoms with E-state index in [1.807, 2.05) is 18.2 Å². The highest BCUT2D eigenvalue weighted by molar-refractivity contribution is 7.99. The van der Waals surface area contributed by atoms with E-state index in [4.69, 9.17) is 5.26 Å². The Labute approximate surface area is 88.6 Å². The van der Waals surface area contributed by atoms with E-state index in [9.17, 15) is 5.11 Å². The van der Waals surface area contributed by atoms with Crippen LogP contribution in [0.1, 0.15) is 19.4 Å². The minimum absolute atomic E-state index is 0.589. The lowest BCUT2D eigenvalue weighted by molar-refractivity contribution is 0.107. The van der Waals surface area contributed by atoms with Crippen LogP contribution in [0.2, 0.25) is 0 Å². The highest BCUT2D eigenvalue weighted by Crippen LogP contribution is 2.25. The number of hydrogen-bond donors (Lipinski definition) is 1. The molecule has 0 saturated carbocycles. The van der Waals surface area contributed by atoms with Crippen molar-refractivity contribution in [2.24, 2.45) is 0 Å². The van der Waals surface area contributed by atoms with E-state index in [2.05, 4.69) is 6.07 Å². The molecule has 2 nitrogen and oxygen atoms in total. The Morgan fingerprint density at radius 2 is 2.07 bits per heavy atom. The third-order valence-electron chi connectivity index (χ3n) is 1.59. The van der Waals surface area contributed by atoms with Crippen LogP contribution in [-0.2, 0) is 0 Å². The van der Waals surface area contributed by atoms with Gasteiger partial charge in [-0.15, -0.1) is 11.8 Å². The van der Waals surface area contributed by atoms with E-state index in [0.29, 0.717) is 11.3 Å². The average Bonchev–Trinajstić information content (AvgIpc) is 2.14. The maximum absolute atomic E-state index is 9.54. The normalized spacial score (nSPS) is 11.0. The van der Waals surface area contributed by atoms with Crippen LogP contribution in [-0.4, -0.2) is 16.5 Å². The molecule has 1 rings (SSSR count). The standard InChI is InChI=1S/C11H13NOS/c1-11(2,13)8-14-10-6-4-3-5-9(10)7-12/h3-6,13H,8H2,1-2H3. The van der Waals surface area contributed by atoms with Crippen molar-refractivity contribution >= 4 is 11.8 Å². The predicted molar refractivity (Wildman–Crippen MR) is 58.2 cm³/mol. The molecule has 1 aromatic carbocycles. The molecule has 0 amide bonds. The van der Waals surface area contributed by atoms with Gasteiger partial charge in [-0.25, -0.2) is 0 Å². The fraction of sp³-hybridized carbons (Fsp3) is 0.364. The van der Waals surface area contributed by atoms with Gasteiger partial charge in [-0.3, -0.25) is 0 Å². The Bertz CT molecular complexity index is 349. The molecule has 3 heteroatoms. The SMILES string of the molecule is CC(C)(O)CSc1ccccc1C#N.